The number of carbonyl (C=O) groups is 1. The fourth-order valence-electron chi connectivity index (χ4n) is 2.68. The van der Waals surface area contributed by atoms with Crippen molar-refractivity contribution in [2.24, 2.45) is 0 Å². The molecule has 0 fully saturated rings. The van der Waals surface area contributed by atoms with E-state index in [0.717, 1.165) is 22.6 Å². The van der Waals surface area contributed by atoms with E-state index in [1.165, 1.54) is 11.1 Å². The summed E-state index contributed by atoms with van der Waals surface area (Å²) in [6.07, 6.45) is 0.333. The Hall–Kier alpha value is -2.29. The van der Waals surface area contributed by atoms with E-state index in [9.17, 15) is 4.79 Å². The minimum Gasteiger partial charge on any atom is -0.493 e. The Morgan fingerprint density at radius 2 is 1.71 bits per heavy atom. The van der Waals surface area contributed by atoms with Gasteiger partial charge in [-0.15, -0.1) is 0 Å². The summed E-state index contributed by atoms with van der Waals surface area (Å²) in [7, 11) is 0. The molecule has 0 heterocycles. The number of nitrogens with one attached hydrogen (secondary N) is 1. The van der Waals surface area contributed by atoms with Gasteiger partial charge >= 0.3 is 0 Å². The number of ether oxygens (including phenoxy) is 1. The summed E-state index contributed by atoms with van der Waals surface area (Å²) in [5.41, 5.74) is 5.50. The van der Waals surface area contributed by atoms with Crippen molar-refractivity contribution in [3.8, 4) is 5.75 Å². The number of anilines is 1. The molecule has 0 unspecified atom stereocenters. The molecule has 128 valence electrons. The molecule has 0 saturated heterocycles. The number of carbonyl (C=O) groups excluding carboxylic acids is 1. The van der Waals surface area contributed by atoms with E-state index < -0.39 is 0 Å². The van der Waals surface area contributed by atoms with Gasteiger partial charge in [0.05, 0.1) is 13.0 Å². The summed E-state index contributed by atoms with van der Waals surface area (Å²) >= 11 is 0. The van der Waals surface area contributed by atoms with Crippen LogP contribution in [0.4, 0.5) is 5.69 Å². The van der Waals surface area contributed by atoms with Gasteiger partial charge in [0.1, 0.15) is 5.75 Å². The van der Waals surface area contributed by atoms with Gasteiger partial charge in [0.15, 0.2) is 0 Å². The highest BCUT2D eigenvalue weighted by molar-refractivity contribution is 5.92. The van der Waals surface area contributed by atoms with Crippen LogP contribution in [0.1, 0.15) is 48.4 Å². The molecule has 0 aromatic heterocycles. The third-order valence-electron chi connectivity index (χ3n) is 4.33. The Bertz CT molecular complexity index is 720. The molecule has 3 heteroatoms. The lowest BCUT2D eigenvalue weighted by Gasteiger charge is -2.16. The van der Waals surface area contributed by atoms with Crippen LogP contribution in [0.25, 0.3) is 0 Å². The first-order valence-corrected chi connectivity index (χ1v) is 8.48. The highest BCUT2D eigenvalue weighted by Crippen LogP contribution is 2.27. The van der Waals surface area contributed by atoms with E-state index in [1.54, 1.807) is 0 Å². The summed E-state index contributed by atoms with van der Waals surface area (Å²) in [6, 6.07) is 12.1. The largest absolute Gasteiger partial charge is 0.493 e. The number of hydrogen-bond acceptors (Lipinski definition) is 2. The second-order valence-corrected chi connectivity index (χ2v) is 6.54. The van der Waals surface area contributed by atoms with Gasteiger partial charge in [-0.2, -0.15) is 0 Å². The van der Waals surface area contributed by atoms with Crippen molar-refractivity contribution in [1.29, 1.82) is 0 Å². The zero-order valence-corrected chi connectivity index (χ0v) is 15.3. The molecular weight excluding hydrogens is 298 g/mol. The van der Waals surface area contributed by atoms with Crippen molar-refractivity contribution in [3.05, 3.63) is 58.7 Å². The maximum Gasteiger partial charge on any atom is 0.227 e. The van der Waals surface area contributed by atoms with E-state index in [4.69, 9.17) is 4.74 Å². The van der Waals surface area contributed by atoms with Crippen molar-refractivity contribution < 1.29 is 9.53 Å². The second-order valence-electron chi connectivity index (χ2n) is 6.54. The quantitative estimate of drug-likeness (QED) is 0.798. The van der Waals surface area contributed by atoms with E-state index in [-0.39, 0.29) is 5.91 Å². The predicted molar refractivity (Wildman–Crippen MR) is 99.9 cm³/mol. The van der Waals surface area contributed by atoms with Crippen molar-refractivity contribution >= 4 is 11.6 Å². The van der Waals surface area contributed by atoms with Crippen LogP contribution in [0.2, 0.25) is 0 Å². The highest BCUT2D eigenvalue weighted by atomic mass is 16.5. The minimum absolute atomic E-state index is 0.0171. The van der Waals surface area contributed by atoms with Crippen molar-refractivity contribution in [3.63, 3.8) is 0 Å². The maximum absolute atomic E-state index is 12.3. The monoisotopic (exact) mass is 325 g/mol. The van der Waals surface area contributed by atoms with Crippen molar-refractivity contribution in [1.82, 2.24) is 0 Å². The molecule has 24 heavy (non-hydrogen) atoms. The van der Waals surface area contributed by atoms with Gasteiger partial charge in [0, 0.05) is 5.69 Å². The molecule has 2 aromatic carbocycles. The van der Waals surface area contributed by atoms with Gasteiger partial charge in [0.2, 0.25) is 5.91 Å². The molecule has 0 aliphatic rings. The first kappa shape index (κ1) is 18.1. The molecule has 0 atom stereocenters. The van der Waals surface area contributed by atoms with Gasteiger partial charge < -0.3 is 10.1 Å². The summed E-state index contributed by atoms with van der Waals surface area (Å²) in [6.45, 7) is 10.8. The van der Waals surface area contributed by atoms with Crippen LogP contribution in [-0.2, 0) is 4.79 Å². The van der Waals surface area contributed by atoms with Gasteiger partial charge in [0.25, 0.3) is 0 Å². The van der Waals surface area contributed by atoms with Crippen LogP contribution in [-0.4, -0.2) is 12.5 Å². The topological polar surface area (TPSA) is 38.3 Å². The van der Waals surface area contributed by atoms with Gasteiger partial charge in [-0.3, -0.25) is 4.79 Å². The first-order valence-electron chi connectivity index (χ1n) is 8.48. The van der Waals surface area contributed by atoms with Crippen LogP contribution >= 0.6 is 0 Å². The van der Waals surface area contributed by atoms with Crippen LogP contribution in [0.15, 0.2) is 36.4 Å². The van der Waals surface area contributed by atoms with Crippen LogP contribution in [0.5, 0.6) is 5.75 Å². The summed E-state index contributed by atoms with van der Waals surface area (Å²) in [4.78, 5) is 12.3. The molecular formula is C21H27NO2. The third kappa shape index (κ3) is 4.38. The molecule has 0 bridgehead atoms. The van der Waals surface area contributed by atoms with Crippen molar-refractivity contribution in [2.75, 3.05) is 11.9 Å². The lowest BCUT2D eigenvalue weighted by molar-refractivity contribution is -0.116. The smallest absolute Gasteiger partial charge is 0.227 e. The number of hydrogen-bond donors (Lipinski definition) is 1. The van der Waals surface area contributed by atoms with Crippen molar-refractivity contribution in [2.45, 2.75) is 47.0 Å². The molecule has 1 amide bonds. The zero-order valence-electron chi connectivity index (χ0n) is 15.3. The molecule has 0 radical (unpaired) electrons. The lowest BCUT2D eigenvalue weighted by atomic mass is 9.98. The number of benzene rings is 2. The third-order valence-corrected chi connectivity index (χ3v) is 4.33. The molecule has 2 rings (SSSR count). The van der Waals surface area contributed by atoms with E-state index in [2.05, 4.69) is 38.2 Å². The second kappa shape index (κ2) is 8.00. The van der Waals surface area contributed by atoms with E-state index >= 15 is 0 Å². The van der Waals surface area contributed by atoms with Crippen LogP contribution in [0.3, 0.4) is 0 Å². The zero-order chi connectivity index (χ0) is 17.7. The average molecular weight is 325 g/mol. The number of rotatable bonds is 6. The average Bonchev–Trinajstić information content (AvgIpc) is 2.53. The van der Waals surface area contributed by atoms with E-state index in [0.29, 0.717) is 18.9 Å². The Morgan fingerprint density at radius 3 is 2.42 bits per heavy atom. The fraction of sp³-hybridized carbons (Fsp3) is 0.381. The lowest BCUT2D eigenvalue weighted by Crippen LogP contribution is -2.17. The summed E-state index contributed by atoms with van der Waals surface area (Å²) in [5, 5.41) is 3.05. The number of amides is 1. The first-order chi connectivity index (χ1) is 11.4. The maximum atomic E-state index is 12.3. The van der Waals surface area contributed by atoms with E-state index in [1.807, 2.05) is 38.1 Å². The van der Waals surface area contributed by atoms with Gasteiger partial charge in [-0.25, -0.2) is 0 Å². The number of para-hydroxylation sites is 1. The fourth-order valence-corrected chi connectivity index (χ4v) is 2.68. The summed E-state index contributed by atoms with van der Waals surface area (Å²) in [5.74, 6) is 1.20. The minimum atomic E-state index is -0.0171. The Balaban J connectivity index is 1.96. The molecule has 0 spiro atoms. The van der Waals surface area contributed by atoms with Gasteiger partial charge in [-0.1, -0.05) is 44.2 Å². The molecule has 0 aliphatic carbocycles. The normalized spacial score (nSPS) is 10.8. The molecule has 1 N–H and O–H groups in total. The Kier molecular flexibility index (Phi) is 6.02. The standard InChI is InChI=1S/C21H27NO2/c1-14(2)18-10-6-9-16(4)21(18)22-20(23)12-13-24-19-11-7-8-15(3)17(19)5/h6-11,14H,12-13H2,1-5H3,(H,22,23). The molecule has 0 aliphatic heterocycles. The molecule has 2 aromatic rings. The SMILES string of the molecule is Cc1cccc(OCCC(=O)Nc2c(C)cccc2C(C)C)c1C. The van der Waals surface area contributed by atoms with Crippen LogP contribution in [0, 0.1) is 20.8 Å². The Morgan fingerprint density at radius 1 is 1.04 bits per heavy atom. The van der Waals surface area contributed by atoms with Gasteiger partial charge in [-0.05, 0) is 55.0 Å². The predicted octanol–water partition coefficient (Wildman–Crippen LogP) is 5.14. The molecule has 3 nitrogen and oxygen atoms in total. The molecule has 0 saturated carbocycles. The highest BCUT2D eigenvalue weighted by Gasteiger charge is 2.12. The Labute approximate surface area is 145 Å². The number of aryl methyl sites for hydroxylation is 2. The van der Waals surface area contributed by atoms with Crippen LogP contribution < -0.4 is 10.1 Å². The summed E-state index contributed by atoms with van der Waals surface area (Å²) < 4.78 is 5.77.